The van der Waals surface area contributed by atoms with E-state index in [2.05, 4.69) is 40.9 Å². The third kappa shape index (κ3) is 3.85. The smallest absolute Gasteiger partial charge is 0.225 e. The van der Waals surface area contributed by atoms with Crippen LogP contribution in [0.4, 0.5) is 22.0 Å². The zero-order valence-electron chi connectivity index (χ0n) is 15.1. The number of imidazole rings is 1. The van der Waals surface area contributed by atoms with Gasteiger partial charge in [-0.05, 0) is 6.92 Å². The van der Waals surface area contributed by atoms with Crippen LogP contribution in [-0.2, 0) is 20.0 Å². The molecule has 1 atom stereocenters. The van der Waals surface area contributed by atoms with E-state index in [0.717, 1.165) is 36.6 Å². The van der Waals surface area contributed by atoms with Gasteiger partial charge in [-0.15, -0.1) is 0 Å². The van der Waals surface area contributed by atoms with Gasteiger partial charge in [-0.3, -0.25) is 0 Å². The summed E-state index contributed by atoms with van der Waals surface area (Å²) in [5.41, 5.74) is 2.01. The van der Waals surface area contributed by atoms with Gasteiger partial charge in [0, 0.05) is 38.3 Å². The third-order valence-electron chi connectivity index (χ3n) is 4.26. The van der Waals surface area contributed by atoms with Crippen LogP contribution in [-0.4, -0.2) is 36.0 Å². The monoisotopic (exact) mass is 369 g/mol. The zero-order chi connectivity index (χ0) is 18.8. The van der Waals surface area contributed by atoms with Gasteiger partial charge < -0.3 is 20.5 Å². The summed E-state index contributed by atoms with van der Waals surface area (Å²) in [5, 5.41) is 9.82. The maximum absolute atomic E-state index is 13.0. The van der Waals surface area contributed by atoms with Crippen molar-refractivity contribution in [3.63, 3.8) is 0 Å². The van der Waals surface area contributed by atoms with Gasteiger partial charge in [0.25, 0.3) is 0 Å². The molecule has 10 heteroatoms. The molecule has 9 nitrogen and oxygen atoms in total. The highest BCUT2D eigenvalue weighted by Gasteiger charge is 2.19. The lowest BCUT2D eigenvalue weighted by Crippen LogP contribution is -2.27. The topological polar surface area (TPSA) is 105 Å². The SMILES string of the molecule is C[C@@H](Nc1nc2c(c(Nc3cn(C)cn3)n1)CNCC2)c1ncc(F)cn1. The Morgan fingerprint density at radius 1 is 1.22 bits per heavy atom. The van der Waals surface area contributed by atoms with E-state index in [1.165, 1.54) is 0 Å². The second-order valence-electron chi connectivity index (χ2n) is 6.42. The molecule has 140 valence electrons. The number of nitrogens with zero attached hydrogens (tertiary/aromatic N) is 6. The van der Waals surface area contributed by atoms with Crippen molar-refractivity contribution in [1.29, 1.82) is 0 Å². The summed E-state index contributed by atoms with van der Waals surface area (Å²) in [6.45, 7) is 3.44. The largest absolute Gasteiger partial charge is 0.344 e. The second kappa shape index (κ2) is 7.23. The van der Waals surface area contributed by atoms with Gasteiger partial charge in [-0.1, -0.05) is 0 Å². The van der Waals surface area contributed by atoms with Gasteiger partial charge in [0.2, 0.25) is 5.95 Å². The van der Waals surface area contributed by atoms with Crippen molar-refractivity contribution in [3.8, 4) is 0 Å². The van der Waals surface area contributed by atoms with Gasteiger partial charge in [-0.2, -0.15) is 4.98 Å². The molecule has 1 aliphatic heterocycles. The van der Waals surface area contributed by atoms with Crippen molar-refractivity contribution in [2.45, 2.75) is 25.9 Å². The first kappa shape index (κ1) is 17.3. The number of hydrogen-bond donors (Lipinski definition) is 3. The van der Waals surface area contributed by atoms with Crippen LogP contribution < -0.4 is 16.0 Å². The van der Waals surface area contributed by atoms with Crippen molar-refractivity contribution in [2.75, 3.05) is 17.2 Å². The molecule has 0 spiro atoms. The van der Waals surface area contributed by atoms with Crippen LogP contribution in [0.2, 0.25) is 0 Å². The molecule has 3 aromatic heterocycles. The first-order valence-corrected chi connectivity index (χ1v) is 8.68. The Balaban J connectivity index is 1.62. The van der Waals surface area contributed by atoms with Crippen LogP contribution >= 0.6 is 0 Å². The predicted molar refractivity (Wildman–Crippen MR) is 98.0 cm³/mol. The van der Waals surface area contributed by atoms with Crippen LogP contribution in [0.3, 0.4) is 0 Å². The summed E-state index contributed by atoms with van der Waals surface area (Å²) in [7, 11) is 1.91. The minimum atomic E-state index is -0.467. The maximum atomic E-state index is 13.0. The molecule has 0 fully saturated rings. The van der Waals surface area contributed by atoms with Crippen LogP contribution in [0.1, 0.15) is 30.0 Å². The van der Waals surface area contributed by atoms with Gasteiger partial charge in [0.1, 0.15) is 17.5 Å². The molecular weight excluding hydrogens is 349 g/mol. The van der Waals surface area contributed by atoms with E-state index >= 15 is 0 Å². The Bertz CT molecular complexity index is 938. The molecule has 0 unspecified atom stereocenters. The molecule has 3 N–H and O–H groups in total. The minimum Gasteiger partial charge on any atom is -0.344 e. The van der Waals surface area contributed by atoms with E-state index in [1.54, 1.807) is 6.33 Å². The van der Waals surface area contributed by atoms with Crippen molar-refractivity contribution >= 4 is 17.6 Å². The van der Waals surface area contributed by atoms with Crippen LogP contribution in [0.5, 0.6) is 0 Å². The lowest BCUT2D eigenvalue weighted by molar-refractivity contribution is 0.604. The average Bonchev–Trinajstić information content (AvgIpc) is 3.07. The number of anilines is 3. The molecule has 4 rings (SSSR count). The van der Waals surface area contributed by atoms with Gasteiger partial charge in [-0.25, -0.2) is 24.3 Å². The third-order valence-corrected chi connectivity index (χ3v) is 4.26. The highest BCUT2D eigenvalue weighted by molar-refractivity contribution is 5.59. The summed E-state index contributed by atoms with van der Waals surface area (Å²) in [6, 6.07) is -0.270. The second-order valence-corrected chi connectivity index (χ2v) is 6.42. The standard InChI is InChI=1S/C17H20FN9/c1-10(15-20-5-11(18)6-21-15)23-17-24-13-3-4-19-7-12(13)16(26-17)25-14-8-27(2)9-22-14/h5-6,8-10,19H,3-4,7H2,1-2H3,(H2,23,24,25,26)/t10-/m1/s1. The molecular formula is C17H20FN9. The molecule has 0 saturated heterocycles. The Morgan fingerprint density at radius 3 is 2.78 bits per heavy atom. The predicted octanol–water partition coefficient (Wildman–Crippen LogP) is 1.70. The molecule has 0 saturated carbocycles. The Kier molecular flexibility index (Phi) is 4.63. The molecule has 27 heavy (non-hydrogen) atoms. The van der Waals surface area contributed by atoms with E-state index in [4.69, 9.17) is 0 Å². The van der Waals surface area contributed by atoms with E-state index in [-0.39, 0.29) is 6.04 Å². The molecule has 0 bridgehead atoms. The molecule has 3 aromatic rings. The number of hydrogen-bond acceptors (Lipinski definition) is 8. The lowest BCUT2D eigenvalue weighted by Gasteiger charge is -2.21. The molecule has 0 aromatic carbocycles. The summed E-state index contributed by atoms with van der Waals surface area (Å²) >= 11 is 0. The normalized spacial score (nSPS) is 14.5. The molecule has 1 aliphatic rings. The Labute approximate surface area is 155 Å². The number of rotatable bonds is 5. The fourth-order valence-electron chi connectivity index (χ4n) is 2.91. The quantitative estimate of drug-likeness (QED) is 0.624. The number of aromatic nitrogens is 6. The fraction of sp³-hybridized carbons (Fsp3) is 0.353. The number of fused-ring (bicyclic) bond motifs is 1. The first-order valence-electron chi connectivity index (χ1n) is 8.68. The van der Waals surface area contributed by atoms with Gasteiger partial charge >= 0.3 is 0 Å². The Morgan fingerprint density at radius 2 is 2.04 bits per heavy atom. The van der Waals surface area contributed by atoms with Gasteiger partial charge in [0.15, 0.2) is 5.82 Å². The highest BCUT2D eigenvalue weighted by Crippen LogP contribution is 2.25. The van der Waals surface area contributed by atoms with E-state index in [9.17, 15) is 4.39 Å². The van der Waals surface area contributed by atoms with Crippen molar-refractivity contribution in [1.82, 2.24) is 34.8 Å². The molecule has 0 amide bonds. The van der Waals surface area contributed by atoms with Crippen molar-refractivity contribution < 1.29 is 4.39 Å². The Hall–Kier alpha value is -3.14. The summed E-state index contributed by atoms with van der Waals surface area (Å²) < 4.78 is 14.9. The average molecular weight is 369 g/mol. The van der Waals surface area contributed by atoms with Crippen molar-refractivity contribution in [2.24, 2.45) is 7.05 Å². The van der Waals surface area contributed by atoms with E-state index < -0.39 is 5.82 Å². The van der Waals surface area contributed by atoms with Crippen LogP contribution in [0, 0.1) is 5.82 Å². The number of aryl methyl sites for hydroxylation is 1. The zero-order valence-corrected chi connectivity index (χ0v) is 15.1. The minimum absolute atomic E-state index is 0.270. The molecule has 0 radical (unpaired) electrons. The lowest BCUT2D eigenvalue weighted by atomic mass is 10.1. The van der Waals surface area contributed by atoms with Crippen LogP contribution in [0.15, 0.2) is 24.9 Å². The fourth-order valence-corrected chi connectivity index (χ4v) is 2.91. The van der Waals surface area contributed by atoms with Crippen LogP contribution in [0.25, 0.3) is 0 Å². The van der Waals surface area contributed by atoms with Crippen molar-refractivity contribution in [3.05, 3.63) is 47.8 Å². The van der Waals surface area contributed by atoms with E-state index in [1.807, 2.05) is 24.7 Å². The maximum Gasteiger partial charge on any atom is 0.225 e. The summed E-state index contributed by atoms with van der Waals surface area (Å²) in [6.07, 6.45) is 6.71. The number of halogens is 1. The van der Waals surface area contributed by atoms with E-state index in [0.29, 0.717) is 30.0 Å². The summed E-state index contributed by atoms with van der Waals surface area (Å²) in [4.78, 5) is 21.6. The number of nitrogens with one attached hydrogen (secondary N) is 3. The highest BCUT2D eigenvalue weighted by atomic mass is 19.1. The molecule has 4 heterocycles. The summed E-state index contributed by atoms with van der Waals surface area (Å²) in [5.74, 6) is 1.89. The first-order chi connectivity index (χ1) is 13.1. The molecule has 0 aliphatic carbocycles. The van der Waals surface area contributed by atoms with Gasteiger partial charge in [0.05, 0.1) is 30.5 Å².